The van der Waals surface area contributed by atoms with Gasteiger partial charge in [-0.2, -0.15) is 0 Å². The smallest absolute Gasteiger partial charge is 0.0220 e. The predicted octanol–water partition coefficient (Wildman–Crippen LogP) is 2.50. The van der Waals surface area contributed by atoms with Crippen LogP contribution in [-0.4, -0.2) is 38.1 Å². The third-order valence-corrected chi connectivity index (χ3v) is 3.74. The van der Waals surface area contributed by atoms with E-state index in [2.05, 4.69) is 31.2 Å². The Hall–Kier alpha value is -0.0800. The molecular formula is C13H28N2. The Labute approximate surface area is 95.4 Å². The van der Waals surface area contributed by atoms with Crippen molar-refractivity contribution in [1.29, 1.82) is 0 Å². The molecule has 0 aromatic heterocycles. The Morgan fingerprint density at radius 3 is 2.53 bits per heavy atom. The fourth-order valence-electron chi connectivity index (χ4n) is 2.69. The molecule has 0 amide bonds. The fraction of sp³-hybridized carbons (Fsp3) is 1.00. The molecule has 0 bridgehead atoms. The molecule has 0 aliphatic heterocycles. The van der Waals surface area contributed by atoms with Crippen LogP contribution < -0.4 is 5.32 Å². The van der Waals surface area contributed by atoms with Crippen LogP contribution in [0.1, 0.15) is 45.4 Å². The topological polar surface area (TPSA) is 15.3 Å². The number of hydrogen-bond donors (Lipinski definition) is 1. The van der Waals surface area contributed by atoms with Gasteiger partial charge in [0.2, 0.25) is 0 Å². The van der Waals surface area contributed by atoms with E-state index in [1.54, 1.807) is 0 Å². The Kier molecular flexibility index (Phi) is 6.26. The summed E-state index contributed by atoms with van der Waals surface area (Å²) in [6.45, 7) is 4.74. The Bertz CT molecular complexity index is 153. The van der Waals surface area contributed by atoms with Gasteiger partial charge < -0.3 is 10.2 Å². The van der Waals surface area contributed by atoms with Gasteiger partial charge in [0.25, 0.3) is 0 Å². The Morgan fingerprint density at radius 1 is 1.33 bits per heavy atom. The lowest BCUT2D eigenvalue weighted by molar-refractivity contribution is 0.246. The summed E-state index contributed by atoms with van der Waals surface area (Å²) >= 11 is 0. The minimum Gasteiger partial charge on any atom is -0.315 e. The second kappa shape index (κ2) is 7.24. The molecule has 0 aromatic rings. The second-order valence-corrected chi connectivity index (χ2v) is 5.06. The summed E-state index contributed by atoms with van der Waals surface area (Å²) in [5.74, 6) is 0.930. The summed E-state index contributed by atoms with van der Waals surface area (Å²) in [5.41, 5.74) is 0. The first-order valence-corrected chi connectivity index (χ1v) is 6.63. The summed E-state index contributed by atoms with van der Waals surface area (Å²) in [4.78, 5) is 2.49. The van der Waals surface area contributed by atoms with E-state index in [0.29, 0.717) is 6.04 Å². The number of likely N-dealkylation sites (N-methyl/N-ethyl adjacent to an activating group) is 2. The lowest BCUT2D eigenvalue weighted by atomic mass is 9.98. The van der Waals surface area contributed by atoms with Crippen molar-refractivity contribution < 1.29 is 0 Å². The average molecular weight is 212 g/mol. The van der Waals surface area contributed by atoms with Crippen molar-refractivity contribution in [2.45, 2.75) is 51.5 Å². The van der Waals surface area contributed by atoms with Crippen molar-refractivity contribution in [3.8, 4) is 0 Å². The van der Waals surface area contributed by atoms with Gasteiger partial charge >= 0.3 is 0 Å². The first kappa shape index (κ1) is 13.0. The third-order valence-electron chi connectivity index (χ3n) is 3.74. The molecule has 2 heteroatoms. The molecule has 1 saturated carbocycles. The highest BCUT2D eigenvalue weighted by Crippen LogP contribution is 2.27. The van der Waals surface area contributed by atoms with E-state index in [4.69, 9.17) is 0 Å². The summed E-state index contributed by atoms with van der Waals surface area (Å²) in [6, 6.07) is 0.717. The molecule has 1 aliphatic rings. The zero-order chi connectivity index (χ0) is 11.1. The maximum atomic E-state index is 3.51. The van der Waals surface area contributed by atoms with Gasteiger partial charge in [-0.3, -0.25) is 0 Å². The molecule has 2 nitrogen and oxygen atoms in total. The van der Waals surface area contributed by atoms with E-state index in [9.17, 15) is 0 Å². The van der Waals surface area contributed by atoms with Crippen molar-refractivity contribution >= 4 is 0 Å². The highest BCUT2D eigenvalue weighted by Gasteiger charge is 2.24. The first-order chi connectivity index (χ1) is 7.27. The van der Waals surface area contributed by atoms with E-state index in [1.807, 2.05) is 0 Å². The maximum absolute atomic E-state index is 3.51. The van der Waals surface area contributed by atoms with Crippen molar-refractivity contribution in [1.82, 2.24) is 10.2 Å². The first-order valence-electron chi connectivity index (χ1n) is 6.63. The number of nitrogens with zero attached hydrogens (tertiary/aromatic N) is 1. The summed E-state index contributed by atoms with van der Waals surface area (Å²) < 4.78 is 0. The van der Waals surface area contributed by atoms with Crippen molar-refractivity contribution in [3.63, 3.8) is 0 Å². The molecule has 15 heavy (non-hydrogen) atoms. The molecule has 1 rings (SSSR count). The zero-order valence-electron chi connectivity index (χ0n) is 10.8. The predicted molar refractivity (Wildman–Crippen MR) is 67.2 cm³/mol. The van der Waals surface area contributed by atoms with Crippen LogP contribution in [0, 0.1) is 5.92 Å². The van der Waals surface area contributed by atoms with E-state index in [1.165, 1.54) is 51.6 Å². The third kappa shape index (κ3) is 4.52. The van der Waals surface area contributed by atoms with Gasteiger partial charge in [-0.05, 0) is 45.8 Å². The molecule has 1 atom stereocenters. The molecule has 1 fully saturated rings. The highest BCUT2D eigenvalue weighted by atomic mass is 15.1. The quantitative estimate of drug-likeness (QED) is 0.697. The van der Waals surface area contributed by atoms with Gasteiger partial charge in [-0.1, -0.05) is 26.2 Å². The van der Waals surface area contributed by atoms with Gasteiger partial charge in [0.1, 0.15) is 0 Å². The van der Waals surface area contributed by atoms with E-state index >= 15 is 0 Å². The minimum atomic E-state index is 0.717. The summed E-state index contributed by atoms with van der Waals surface area (Å²) in [6.07, 6.45) is 8.40. The minimum absolute atomic E-state index is 0.717. The zero-order valence-corrected chi connectivity index (χ0v) is 10.8. The molecule has 1 unspecified atom stereocenters. The average Bonchev–Trinajstić information content (AvgIpc) is 2.76. The van der Waals surface area contributed by atoms with E-state index in [0.717, 1.165) is 5.92 Å². The summed E-state index contributed by atoms with van der Waals surface area (Å²) in [7, 11) is 4.38. The number of rotatable bonds is 7. The fourth-order valence-corrected chi connectivity index (χ4v) is 2.69. The van der Waals surface area contributed by atoms with Gasteiger partial charge in [0, 0.05) is 12.6 Å². The Balaban J connectivity index is 2.25. The highest BCUT2D eigenvalue weighted by molar-refractivity contribution is 4.81. The lowest BCUT2D eigenvalue weighted by Crippen LogP contribution is -2.42. The summed E-state index contributed by atoms with van der Waals surface area (Å²) in [5, 5.41) is 3.51. The van der Waals surface area contributed by atoms with Crippen molar-refractivity contribution in [2.24, 2.45) is 5.92 Å². The van der Waals surface area contributed by atoms with Crippen LogP contribution in [0.15, 0.2) is 0 Å². The number of nitrogens with one attached hydrogen (secondary N) is 1. The van der Waals surface area contributed by atoms with Crippen LogP contribution in [0.2, 0.25) is 0 Å². The van der Waals surface area contributed by atoms with Gasteiger partial charge in [-0.25, -0.2) is 0 Å². The van der Waals surface area contributed by atoms with Crippen molar-refractivity contribution in [3.05, 3.63) is 0 Å². The van der Waals surface area contributed by atoms with Gasteiger partial charge in [0.15, 0.2) is 0 Å². The largest absolute Gasteiger partial charge is 0.315 e. The number of unbranched alkanes of at least 4 members (excludes halogenated alkanes) is 1. The molecule has 1 aliphatic carbocycles. The molecule has 0 saturated heterocycles. The van der Waals surface area contributed by atoms with Gasteiger partial charge in [0.05, 0.1) is 0 Å². The van der Waals surface area contributed by atoms with Gasteiger partial charge in [-0.15, -0.1) is 0 Å². The maximum Gasteiger partial charge on any atom is 0.0220 e. The Morgan fingerprint density at radius 2 is 2.00 bits per heavy atom. The molecular weight excluding hydrogens is 184 g/mol. The molecule has 0 heterocycles. The normalized spacial score (nSPS) is 20.0. The van der Waals surface area contributed by atoms with Crippen LogP contribution in [0.5, 0.6) is 0 Å². The standard InChI is InChI=1S/C13H28N2/c1-4-5-10-15(3)11-13(14-2)12-8-6-7-9-12/h12-14H,4-11H2,1-3H3. The molecule has 90 valence electrons. The number of hydrogen-bond acceptors (Lipinski definition) is 2. The molecule has 0 spiro atoms. The van der Waals surface area contributed by atoms with Crippen LogP contribution in [0.3, 0.4) is 0 Å². The van der Waals surface area contributed by atoms with Crippen molar-refractivity contribution in [2.75, 3.05) is 27.2 Å². The van der Waals surface area contributed by atoms with E-state index in [-0.39, 0.29) is 0 Å². The van der Waals surface area contributed by atoms with Crippen LogP contribution in [0.4, 0.5) is 0 Å². The molecule has 0 radical (unpaired) electrons. The van der Waals surface area contributed by atoms with Crippen LogP contribution >= 0.6 is 0 Å². The van der Waals surface area contributed by atoms with E-state index < -0.39 is 0 Å². The van der Waals surface area contributed by atoms with Crippen LogP contribution in [0.25, 0.3) is 0 Å². The second-order valence-electron chi connectivity index (χ2n) is 5.06. The monoisotopic (exact) mass is 212 g/mol. The lowest BCUT2D eigenvalue weighted by Gasteiger charge is -2.28. The molecule has 0 aromatic carbocycles. The molecule has 1 N–H and O–H groups in total. The SMILES string of the molecule is CCCCN(C)CC(NC)C1CCCC1. The van der Waals surface area contributed by atoms with Crippen LogP contribution in [-0.2, 0) is 0 Å².